The minimum absolute atomic E-state index is 0.0313. The number of fused-ring (bicyclic) bond motifs is 1. The molecule has 2 fully saturated rings. The number of aromatic nitrogens is 3. The number of amides is 1. The van der Waals surface area contributed by atoms with Crippen molar-refractivity contribution in [3.63, 3.8) is 0 Å². The predicted octanol–water partition coefficient (Wildman–Crippen LogP) is 5.57. The molecule has 1 amide bonds. The van der Waals surface area contributed by atoms with Gasteiger partial charge in [0.25, 0.3) is 5.91 Å². The molecule has 6 nitrogen and oxygen atoms in total. The fourth-order valence-corrected chi connectivity index (χ4v) is 5.75. The molecule has 0 unspecified atom stereocenters. The zero-order valence-electron chi connectivity index (χ0n) is 21.0. The zero-order chi connectivity index (χ0) is 25.9. The quantitative estimate of drug-likeness (QED) is 0.453. The van der Waals surface area contributed by atoms with Crippen LogP contribution < -0.4 is 10.2 Å². The second-order valence-electron chi connectivity index (χ2n) is 11.0. The molecule has 2 aliphatic carbocycles. The van der Waals surface area contributed by atoms with Gasteiger partial charge < -0.3 is 14.8 Å². The Hall–Kier alpha value is -3.20. The molecule has 3 aromatic rings. The van der Waals surface area contributed by atoms with E-state index in [2.05, 4.69) is 22.4 Å². The molecule has 2 saturated carbocycles. The van der Waals surface area contributed by atoms with Crippen molar-refractivity contribution in [3.8, 4) is 0 Å². The van der Waals surface area contributed by atoms with E-state index in [4.69, 9.17) is 0 Å². The van der Waals surface area contributed by atoms with Crippen LogP contribution in [0.4, 0.5) is 18.9 Å². The molecule has 6 rings (SSSR count). The van der Waals surface area contributed by atoms with Crippen molar-refractivity contribution >= 4 is 11.6 Å². The number of anilines is 1. The van der Waals surface area contributed by atoms with Crippen molar-refractivity contribution in [3.05, 3.63) is 76.4 Å². The van der Waals surface area contributed by atoms with Gasteiger partial charge in [-0.1, -0.05) is 12.1 Å². The van der Waals surface area contributed by atoms with E-state index in [0.717, 1.165) is 43.5 Å². The maximum absolute atomic E-state index is 14.1. The zero-order valence-corrected chi connectivity index (χ0v) is 21.0. The summed E-state index contributed by atoms with van der Waals surface area (Å²) in [4.78, 5) is 15.0. The van der Waals surface area contributed by atoms with Crippen LogP contribution in [0.3, 0.4) is 0 Å². The summed E-state index contributed by atoms with van der Waals surface area (Å²) in [6, 6.07) is 10.4. The van der Waals surface area contributed by atoms with Gasteiger partial charge in [0.2, 0.25) is 0 Å². The van der Waals surface area contributed by atoms with Crippen LogP contribution in [-0.2, 0) is 26.3 Å². The molecule has 1 atom stereocenters. The Bertz CT molecular complexity index is 1360. The van der Waals surface area contributed by atoms with Gasteiger partial charge in [0.05, 0.1) is 12.1 Å². The van der Waals surface area contributed by atoms with Gasteiger partial charge in [-0.2, -0.15) is 13.2 Å². The molecular weight excluding hydrogens is 479 g/mol. The highest BCUT2D eigenvalue weighted by Gasteiger charge is 2.41. The minimum atomic E-state index is -4.54. The van der Waals surface area contributed by atoms with Crippen molar-refractivity contribution in [1.82, 2.24) is 20.1 Å². The average molecular weight is 510 g/mol. The van der Waals surface area contributed by atoms with Crippen LogP contribution in [0.1, 0.15) is 83.4 Å². The van der Waals surface area contributed by atoms with Gasteiger partial charge in [0.15, 0.2) is 0 Å². The third kappa shape index (κ3) is 4.43. The molecule has 0 bridgehead atoms. The number of nitrogens with zero attached hydrogens (tertiary/aromatic N) is 4. The second-order valence-corrected chi connectivity index (χ2v) is 11.0. The predicted molar refractivity (Wildman–Crippen MR) is 133 cm³/mol. The maximum Gasteiger partial charge on any atom is 0.416 e. The van der Waals surface area contributed by atoms with E-state index in [1.807, 2.05) is 29.8 Å². The third-order valence-corrected chi connectivity index (χ3v) is 8.24. The van der Waals surface area contributed by atoms with Gasteiger partial charge in [-0.3, -0.25) is 4.79 Å². The van der Waals surface area contributed by atoms with Crippen molar-refractivity contribution in [2.24, 2.45) is 13.0 Å². The number of hydrogen-bond donors (Lipinski definition) is 1. The van der Waals surface area contributed by atoms with E-state index in [1.165, 1.54) is 11.0 Å². The second kappa shape index (κ2) is 8.68. The lowest BCUT2D eigenvalue weighted by Crippen LogP contribution is -2.47. The Labute approximate surface area is 213 Å². The molecule has 1 aromatic heterocycles. The number of carbonyl (C=O) groups excluding carboxylic acids is 1. The number of nitrogens with one attached hydrogen (secondary N) is 1. The first kappa shape index (κ1) is 24.2. The van der Waals surface area contributed by atoms with Crippen LogP contribution in [0.2, 0.25) is 0 Å². The van der Waals surface area contributed by atoms with E-state index in [0.29, 0.717) is 23.7 Å². The summed E-state index contributed by atoms with van der Waals surface area (Å²) in [6.07, 6.45) is 2.42. The van der Waals surface area contributed by atoms with Gasteiger partial charge in [-0.25, -0.2) is 0 Å². The maximum atomic E-state index is 14.1. The van der Waals surface area contributed by atoms with Crippen molar-refractivity contribution in [2.75, 3.05) is 4.90 Å². The van der Waals surface area contributed by atoms with Crippen LogP contribution in [-0.4, -0.2) is 26.2 Å². The molecule has 1 aliphatic heterocycles. The van der Waals surface area contributed by atoms with Gasteiger partial charge in [0, 0.05) is 36.3 Å². The monoisotopic (exact) mass is 509 g/mol. The summed E-state index contributed by atoms with van der Waals surface area (Å²) < 4.78 is 44.3. The first-order chi connectivity index (χ1) is 17.6. The summed E-state index contributed by atoms with van der Waals surface area (Å²) in [7, 11) is 1.91. The Balaban J connectivity index is 1.33. The van der Waals surface area contributed by atoms with E-state index in [1.54, 1.807) is 18.5 Å². The Morgan fingerprint density at radius 2 is 1.97 bits per heavy atom. The normalized spacial score (nSPS) is 19.6. The number of hydrogen-bond acceptors (Lipinski definition) is 4. The lowest BCUT2D eigenvalue weighted by atomic mass is 9.78. The van der Waals surface area contributed by atoms with E-state index >= 15 is 0 Å². The fraction of sp³-hybridized carbons (Fsp3) is 0.464. The fourth-order valence-electron chi connectivity index (χ4n) is 5.75. The number of aryl methyl sites for hydroxylation is 1. The molecule has 3 aliphatic rings. The van der Waals surface area contributed by atoms with Gasteiger partial charge in [-0.05, 0) is 85.9 Å². The SMILES string of the molecule is Cn1cnnc1[C@H](c1cccc(N2Cc3c(cc(CNC4(C)CCC4)cc3C(F)(F)F)C2=O)c1)C1CC1. The molecule has 2 aromatic carbocycles. The van der Waals surface area contributed by atoms with Crippen LogP contribution in [0.5, 0.6) is 0 Å². The van der Waals surface area contributed by atoms with E-state index < -0.39 is 17.6 Å². The highest BCUT2D eigenvalue weighted by Crippen LogP contribution is 2.47. The molecule has 2 heterocycles. The van der Waals surface area contributed by atoms with Crippen LogP contribution in [0.15, 0.2) is 42.7 Å². The van der Waals surface area contributed by atoms with Crippen molar-refractivity contribution < 1.29 is 18.0 Å². The number of rotatable bonds is 7. The molecule has 0 spiro atoms. The number of benzene rings is 2. The smallest absolute Gasteiger partial charge is 0.320 e. The summed E-state index contributed by atoms with van der Waals surface area (Å²) >= 11 is 0. The van der Waals surface area contributed by atoms with Crippen LogP contribution in [0.25, 0.3) is 0 Å². The first-order valence-corrected chi connectivity index (χ1v) is 12.9. The molecular formula is C28H30F3N5O. The average Bonchev–Trinajstić information content (AvgIpc) is 3.51. The summed E-state index contributed by atoms with van der Waals surface area (Å²) in [5.74, 6) is 0.932. The Morgan fingerprint density at radius 3 is 2.59 bits per heavy atom. The molecule has 9 heteroatoms. The van der Waals surface area contributed by atoms with Crippen LogP contribution >= 0.6 is 0 Å². The Morgan fingerprint density at radius 1 is 1.19 bits per heavy atom. The lowest BCUT2D eigenvalue weighted by molar-refractivity contribution is -0.138. The molecule has 194 valence electrons. The molecule has 37 heavy (non-hydrogen) atoms. The number of halogens is 3. The van der Waals surface area contributed by atoms with Crippen molar-refractivity contribution in [2.45, 2.75) is 69.8 Å². The third-order valence-electron chi connectivity index (χ3n) is 8.24. The molecule has 1 N–H and O–H groups in total. The molecule has 0 radical (unpaired) electrons. The lowest BCUT2D eigenvalue weighted by Gasteiger charge is -2.39. The number of carbonyl (C=O) groups is 1. The topological polar surface area (TPSA) is 63.1 Å². The largest absolute Gasteiger partial charge is 0.416 e. The van der Waals surface area contributed by atoms with Crippen molar-refractivity contribution in [1.29, 1.82) is 0 Å². The van der Waals surface area contributed by atoms with Gasteiger partial charge in [-0.15, -0.1) is 10.2 Å². The first-order valence-electron chi connectivity index (χ1n) is 12.9. The van der Waals surface area contributed by atoms with Crippen LogP contribution in [0, 0.1) is 5.92 Å². The number of alkyl halides is 3. The van der Waals surface area contributed by atoms with E-state index in [9.17, 15) is 18.0 Å². The minimum Gasteiger partial charge on any atom is -0.320 e. The van der Waals surface area contributed by atoms with E-state index in [-0.39, 0.29) is 29.1 Å². The van der Waals surface area contributed by atoms with Gasteiger partial charge in [0.1, 0.15) is 12.2 Å². The summed E-state index contributed by atoms with van der Waals surface area (Å²) in [6.45, 7) is 2.29. The van der Waals surface area contributed by atoms with Gasteiger partial charge >= 0.3 is 6.18 Å². The standard InChI is InChI=1S/C28H30F3N5O/c1-27(9-4-10-27)32-14-17-11-21-22(23(12-17)28(29,30)31)15-36(26(21)37)20-6-3-5-19(13-20)24(18-7-8-18)25-34-33-16-35(25)2/h3,5-6,11-13,16,18,24,32H,4,7-10,14-15H2,1-2H3/t24-/m0/s1. The molecule has 0 saturated heterocycles. The summed E-state index contributed by atoms with van der Waals surface area (Å²) in [5.41, 5.74) is 1.50. The highest BCUT2D eigenvalue weighted by atomic mass is 19.4. The highest BCUT2D eigenvalue weighted by molar-refractivity contribution is 6.10. The summed E-state index contributed by atoms with van der Waals surface area (Å²) in [5, 5.41) is 11.7. The Kier molecular flexibility index (Phi) is 5.67.